The van der Waals surface area contributed by atoms with Gasteiger partial charge >= 0.3 is 0 Å². The predicted octanol–water partition coefficient (Wildman–Crippen LogP) is 1.90. The molecule has 1 atom stereocenters. The van der Waals surface area contributed by atoms with E-state index in [4.69, 9.17) is 14.2 Å². The summed E-state index contributed by atoms with van der Waals surface area (Å²) in [5.74, 6) is 1.34. The minimum absolute atomic E-state index is 0.251. The number of benzene rings is 1. The molecule has 0 fully saturated rings. The van der Waals surface area contributed by atoms with Gasteiger partial charge in [0.2, 0.25) is 0 Å². The van der Waals surface area contributed by atoms with Crippen LogP contribution in [0.1, 0.15) is 25.8 Å². The van der Waals surface area contributed by atoms with Gasteiger partial charge in [-0.25, -0.2) is 0 Å². The van der Waals surface area contributed by atoms with Crippen LogP contribution in [-0.2, 0) is 11.3 Å². The second kappa shape index (κ2) is 12.9. The zero-order chi connectivity index (χ0) is 18.5. The standard InChI is InChI=1S/C19H34N2O4/c1-5-21(6-2)14-17(22)15-25-18-9-8-16(12-19(18)24-4)13-20-10-7-11-23-3/h8-9,12,17,20,22H,5-7,10-11,13-15H2,1-4H3/t17-/m0/s1. The maximum absolute atomic E-state index is 10.1. The van der Waals surface area contributed by atoms with Gasteiger partial charge in [-0.05, 0) is 43.8 Å². The van der Waals surface area contributed by atoms with Crippen LogP contribution in [-0.4, -0.2) is 69.7 Å². The van der Waals surface area contributed by atoms with E-state index in [9.17, 15) is 5.11 Å². The first kappa shape index (κ1) is 21.7. The number of hydrogen-bond acceptors (Lipinski definition) is 6. The first-order valence-electron chi connectivity index (χ1n) is 9.04. The van der Waals surface area contributed by atoms with Crippen LogP contribution in [0, 0.1) is 0 Å². The van der Waals surface area contributed by atoms with E-state index >= 15 is 0 Å². The Morgan fingerprint density at radius 3 is 2.56 bits per heavy atom. The second-order valence-electron chi connectivity index (χ2n) is 5.96. The SMILES string of the molecule is CCN(CC)C[C@H](O)COc1ccc(CNCCCOC)cc1OC. The Bertz CT molecular complexity index is 467. The highest BCUT2D eigenvalue weighted by molar-refractivity contribution is 5.43. The fraction of sp³-hybridized carbons (Fsp3) is 0.684. The third-order valence-electron chi connectivity index (χ3n) is 4.05. The van der Waals surface area contributed by atoms with Crippen LogP contribution in [0.3, 0.4) is 0 Å². The van der Waals surface area contributed by atoms with Crippen molar-refractivity contribution in [3.63, 3.8) is 0 Å². The van der Waals surface area contributed by atoms with Crippen LogP contribution in [0.4, 0.5) is 0 Å². The second-order valence-corrected chi connectivity index (χ2v) is 5.96. The minimum atomic E-state index is -0.522. The molecule has 0 saturated heterocycles. The highest BCUT2D eigenvalue weighted by atomic mass is 16.5. The van der Waals surface area contributed by atoms with Crippen LogP contribution in [0.2, 0.25) is 0 Å². The van der Waals surface area contributed by atoms with Gasteiger partial charge in [0.25, 0.3) is 0 Å². The van der Waals surface area contributed by atoms with E-state index in [2.05, 4.69) is 24.1 Å². The molecule has 0 radical (unpaired) electrons. The van der Waals surface area contributed by atoms with Crippen molar-refractivity contribution in [1.82, 2.24) is 10.2 Å². The Kier molecular flexibility index (Phi) is 11.2. The lowest BCUT2D eigenvalue weighted by atomic mass is 10.2. The Morgan fingerprint density at radius 1 is 1.16 bits per heavy atom. The molecule has 0 aromatic heterocycles. The van der Waals surface area contributed by atoms with Crippen molar-refractivity contribution in [2.24, 2.45) is 0 Å². The number of aliphatic hydroxyl groups excluding tert-OH is 1. The minimum Gasteiger partial charge on any atom is -0.493 e. The Balaban J connectivity index is 2.48. The van der Waals surface area contributed by atoms with Crippen molar-refractivity contribution in [2.75, 3.05) is 53.6 Å². The topological polar surface area (TPSA) is 63.2 Å². The summed E-state index contributed by atoms with van der Waals surface area (Å²) >= 11 is 0. The molecule has 0 aliphatic rings. The molecule has 0 aliphatic carbocycles. The van der Waals surface area contributed by atoms with Gasteiger partial charge in [0.05, 0.1) is 7.11 Å². The molecule has 0 unspecified atom stereocenters. The van der Waals surface area contributed by atoms with Crippen molar-refractivity contribution in [3.8, 4) is 11.5 Å². The molecule has 25 heavy (non-hydrogen) atoms. The van der Waals surface area contributed by atoms with Gasteiger partial charge in [-0.3, -0.25) is 0 Å². The van der Waals surface area contributed by atoms with Crippen LogP contribution >= 0.6 is 0 Å². The van der Waals surface area contributed by atoms with Crippen LogP contribution < -0.4 is 14.8 Å². The van der Waals surface area contributed by atoms with E-state index in [1.54, 1.807) is 14.2 Å². The number of methoxy groups -OCH3 is 2. The van der Waals surface area contributed by atoms with Crippen molar-refractivity contribution < 1.29 is 19.3 Å². The summed E-state index contributed by atoms with van der Waals surface area (Å²) in [6, 6.07) is 5.88. The van der Waals surface area contributed by atoms with E-state index < -0.39 is 6.10 Å². The van der Waals surface area contributed by atoms with Crippen molar-refractivity contribution >= 4 is 0 Å². The molecule has 2 N–H and O–H groups in total. The summed E-state index contributed by atoms with van der Waals surface area (Å²) in [4.78, 5) is 2.17. The number of rotatable bonds is 14. The molecule has 1 aromatic rings. The van der Waals surface area contributed by atoms with Crippen molar-refractivity contribution in [2.45, 2.75) is 32.9 Å². The maximum Gasteiger partial charge on any atom is 0.161 e. The van der Waals surface area contributed by atoms with Gasteiger partial charge in [-0.15, -0.1) is 0 Å². The fourth-order valence-electron chi connectivity index (χ4n) is 2.53. The first-order chi connectivity index (χ1) is 12.1. The average molecular weight is 354 g/mol. The van der Waals surface area contributed by atoms with Crippen LogP contribution in [0.25, 0.3) is 0 Å². The summed E-state index contributed by atoms with van der Waals surface area (Å²) in [5, 5.41) is 13.5. The molecule has 0 amide bonds. The molecule has 0 bridgehead atoms. The van der Waals surface area contributed by atoms with Crippen molar-refractivity contribution in [3.05, 3.63) is 23.8 Å². The Labute approximate surface area is 152 Å². The van der Waals surface area contributed by atoms with E-state index in [1.807, 2.05) is 18.2 Å². The van der Waals surface area contributed by atoms with E-state index in [-0.39, 0.29) is 6.61 Å². The molecular formula is C19H34N2O4. The molecule has 6 nitrogen and oxygen atoms in total. The lowest BCUT2D eigenvalue weighted by Gasteiger charge is -2.22. The third-order valence-corrected chi connectivity index (χ3v) is 4.05. The number of nitrogens with one attached hydrogen (secondary N) is 1. The molecule has 144 valence electrons. The zero-order valence-corrected chi connectivity index (χ0v) is 16.1. The molecule has 6 heteroatoms. The zero-order valence-electron chi connectivity index (χ0n) is 16.1. The van der Waals surface area contributed by atoms with Gasteiger partial charge < -0.3 is 29.5 Å². The summed E-state index contributed by atoms with van der Waals surface area (Å²) < 4.78 is 16.2. The summed E-state index contributed by atoms with van der Waals surface area (Å²) in [7, 11) is 3.34. The van der Waals surface area contributed by atoms with Crippen LogP contribution in [0.5, 0.6) is 11.5 Å². The fourth-order valence-corrected chi connectivity index (χ4v) is 2.53. The number of aliphatic hydroxyl groups is 1. The normalized spacial score (nSPS) is 12.4. The summed E-state index contributed by atoms with van der Waals surface area (Å²) in [6.07, 6.45) is 0.464. The highest BCUT2D eigenvalue weighted by Crippen LogP contribution is 2.28. The molecule has 0 spiro atoms. The number of nitrogens with zero attached hydrogens (tertiary/aromatic N) is 1. The molecule has 1 aromatic carbocycles. The number of likely N-dealkylation sites (N-methyl/N-ethyl adjacent to an activating group) is 1. The maximum atomic E-state index is 10.1. The van der Waals surface area contributed by atoms with Crippen molar-refractivity contribution in [1.29, 1.82) is 0 Å². The predicted molar refractivity (Wildman–Crippen MR) is 100 cm³/mol. The van der Waals surface area contributed by atoms with E-state index in [0.717, 1.165) is 44.8 Å². The monoisotopic (exact) mass is 354 g/mol. The lowest BCUT2D eigenvalue weighted by Crippen LogP contribution is -2.35. The van der Waals surface area contributed by atoms with Gasteiger partial charge in [-0.1, -0.05) is 19.9 Å². The molecule has 0 aliphatic heterocycles. The quantitative estimate of drug-likeness (QED) is 0.498. The van der Waals surface area contributed by atoms with Gasteiger partial charge in [0.15, 0.2) is 11.5 Å². The molecular weight excluding hydrogens is 320 g/mol. The average Bonchev–Trinajstić information content (AvgIpc) is 2.64. The van der Waals surface area contributed by atoms with Gasteiger partial charge in [0, 0.05) is 26.8 Å². The Morgan fingerprint density at radius 2 is 1.92 bits per heavy atom. The van der Waals surface area contributed by atoms with Gasteiger partial charge in [-0.2, -0.15) is 0 Å². The summed E-state index contributed by atoms with van der Waals surface area (Å²) in [6.45, 7) is 9.31. The largest absolute Gasteiger partial charge is 0.493 e. The third kappa shape index (κ3) is 8.54. The summed E-state index contributed by atoms with van der Waals surface area (Å²) in [5.41, 5.74) is 1.13. The van der Waals surface area contributed by atoms with Crippen LogP contribution in [0.15, 0.2) is 18.2 Å². The molecule has 1 rings (SSSR count). The molecule has 0 heterocycles. The molecule has 0 saturated carbocycles. The Hall–Kier alpha value is -1.34. The highest BCUT2D eigenvalue weighted by Gasteiger charge is 2.12. The van der Waals surface area contributed by atoms with E-state index in [1.165, 1.54) is 0 Å². The smallest absolute Gasteiger partial charge is 0.161 e. The van der Waals surface area contributed by atoms with E-state index in [0.29, 0.717) is 18.0 Å². The van der Waals surface area contributed by atoms with Gasteiger partial charge in [0.1, 0.15) is 12.7 Å². The first-order valence-corrected chi connectivity index (χ1v) is 9.04. The number of hydrogen-bond donors (Lipinski definition) is 2. The number of ether oxygens (including phenoxy) is 3. The lowest BCUT2D eigenvalue weighted by molar-refractivity contribution is 0.0705.